The monoisotopic (exact) mass is 470 g/mol. The van der Waals surface area contributed by atoms with Gasteiger partial charge in [0.1, 0.15) is 0 Å². The summed E-state index contributed by atoms with van der Waals surface area (Å²) in [6.45, 7) is 5.17. The first-order valence-electron chi connectivity index (χ1n) is 11.2. The minimum atomic E-state index is -3.74. The SMILES string of the molecule is CCCCN(CCCC)S(=O)(=O)c1ccc2[nH]c(=O)cc(C(=O)NCc3cccnc3)c2c1. The van der Waals surface area contributed by atoms with Crippen LogP contribution in [0.2, 0.25) is 0 Å². The lowest BCUT2D eigenvalue weighted by molar-refractivity contribution is 0.0952. The van der Waals surface area contributed by atoms with Gasteiger partial charge in [-0.05, 0) is 42.7 Å². The Morgan fingerprint density at radius 1 is 1.09 bits per heavy atom. The molecule has 1 aromatic carbocycles. The van der Waals surface area contributed by atoms with Crippen molar-refractivity contribution >= 4 is 26.8 Å². The second-order valence-electron chi connectivity index (χ2n) is 7.91. The van der Waals surface area contributed by atoms with E-state index < -0.39 is 21.5 Å². The second-order valence-corrected chi connectivity index (χ2v) is 9.85. The lowest BCUT2D eigenvalue weighted by Crippen LogP contribution is -2.33. The van der Waals surface area contributed by atoms with Gasteiger partial charge in [-0.1, -0.05) is 32.8 Å². The number of carbonyl (C=O) groups is 1. The molecule has 3 rings (SSSR count). The topological polar surface area (TPSA) is 112 Å². The number of unbranched alkanes of at least 4 members (excludes halogenated alkanes) is 2. The first-order valence-corrected chi connectivity index (χ1v) is 12.6. The molecule has 8 nitrogen and oxygen atoms in total. The maximum absolute atomic E-state index is 13.4. The molecule has 0 aliphatic rings. The van der Waals surface area contributed by atoms with Crippen LogP contribution in [0.25, 0.3) is 10.9 Å². The smallest absolute Gasteiger partial charge is 0.252 e. The van der Waals surface area contributed by atoms with Crippen LogP contribution in [0.3, 0.4) is 0 Å². The number of nitrogens with zero attached hydrogens (tertiary/aromatic N) is 2. The van der Waals surface area contributed by atoms with Crippen LogP contribution in [0.4, 0.5) is 0 Å². The van der Waals surface area contributed by atoms with Gasteiger partial charge in [0.2, 0.25) is 15.6 Å². The summed E-state index contributed by atoms with van der Waals surface area (Å²) in [5.41, 5.74) is 0.910. The van der Waals surface area contributed by atoms with Crippen molar-refractivity contribution in [2.24, 2.45) is 0 Å². The maximum atomic E-state index is 13.4. The highest BCUT2D eigenvalue weighted by Gasteiger charge is 2.25. The summed E-state index contributed by atoms with van der Waals surface area (Å²) >= 11 is 0. The summed E-state index contributed by atoms with van der Waals surface area (Å²) in [5, 5.41) is 3.16. The summed E-state index contributed by atoms with van der Waals surface area (Å²) in [5.74, 6) is -0.460. The summed E-state index contributed by atoms with van der Waals surface area (Å²) in [4.78, 5) is 31.9. The molecule has 2 heterocycles. The molecule has 0 bridgehead atoms. The Kier molecular flexibility index (Phi) is 8.35. The molecule has 0 aliphatic heterocycles. The summed E-state index contributed by atoms with van der Waals surface area (Å²) in [7, 11) is -3.74. The van der Waals surface area contributed by atoms with E-state index in [4.69, 9.17) is 0 Å². The van der Waals surface area contributed by atoms with Crippen molar-refractivity contribution in [2.75, 3.05) is 13.1 Å². The van der Waals surface area contributed by atoms with Gasteiger partial charge < -0.3 is 10.3 Å². The van der Waals surface area contributed by atoms with Crippen molar-refractivity contribution in [1.82, 2.24) is 19.6 Å². The van der Waals surface area contributed by atoms with Gasteiger partial charge in [0, 0.05) is 49.0 Å². The van der Waals surface area contributed by atoms with E-state index in [1.165, 1.54) is 22.5 Å². The van der Waals surface area contributed by atoms with E-state index in [-0.39, 0.29) is 17.0 Å². The molecule has 33 heavy (non-hydrogen) atoms. The van der Waals surface area contributed by atoms with Gasteiger partial charge in [-0.3, -0.25) is 14.6 Å². The van der Waals surface area contributed by atoms with Crippen LogP contribution >= 0.6 is 0 Å². The molecule has 3 aromatic rings. The number of amides is 1. The van der Waals surface area contributed by atoms with Gasteiger partial charge in [-0.2, -0.15) is 4.31 Å². The highest BCUT2D eigenvalue weighted by molar-refractivity contribution is 7.89. The van der Waals surface area contributed by atoms with Crippen molar-refractivity contribution in [2.45, 2.75) is 51.0 Å². The van der Waals surface area contributed by atoms with E-state index >= 15 is 0 Å². The first kappa shape index (κ1) is 24.6. The Morgan fingerprint density at radius 3 is 2.45 bits per heavy atom. The van der Waals surface area contributed by atoms with Crippen LogP contribution in [0.1, 0.15) is 55.5 Å². The van der Waals surface area contributed by atoms with Crippen LogP contribution in [-0.4, -0.2) is 41.7 Å². The molecule has 0 unspecified atom stereocenters. The third kappa shape index (κ3) is 6.06. The van der Waals surface area contributed by atoms with Gasteiger partial charge in [-0.15, -0.1) is 0 Å². The minimum absolute atomic E-state index is 0.107. The molecule has 1 amide bonds. The predicted molar refractivity (Wildman–Crippen MR) is 129 cm³/mol. The zero-order chi connectivity index (χ0) is 23.8. The molecule has 9 heteroatoms. The quantitative estimate of drug-likeness (QED) is 0.446. The fourth-order valence-electron chi connectivity index (χ4n) is 3.53. The molecule has 0 aliphatic carbocycles. The number of hydrogen-bond acceptors (Lipinski definition) is 5. The molecule has 2 N–H and O–H groups in total. The van der Waals surface area contributed by atoms with Crippen molar-refractivity contribution < 1.29 is 13.2 Å². The normalized spacial score (nSPS) is 11.7. The number of pyridine rings is 2. The number of aromatic nitrogens is 2. The zero-order valence-corrected chi connectivity index (χ0v) is 19.8. The molecule has 0 saturated carbocycles. The van der Waals surface area contributed by atoms with Gasteiger partial charge >= 0.3 is 0 Å². The Bertz CT molecular complexity index is 1250. The van der Waals surface area contributed by atoms with Crippen molar-refractivity contribution in [3.63, 3.8) is 0 Å². The molecule has 0 radical (unpaired) electrons. The van der Waals surface area contributed by atoms with E-state index in [2.05, 4.69) is 15.3 Å². The van der Waals surface area contributed by atoms with Crippen molar-refractivity contribution in [3.8, 4) is 0 Å². The third-order valence-corrected chi connectivity index (χ3v) is 7.29. The average Bonchev–Trinajstić information content (AvgIpc) is 2.82. The van der Waals surface area contributed by atoms with Crippen molar-refractivity contribution in [1.29, 1.82) is 0 Å². The molecule has 0 saturated heterocycles. The molecule has 0 spiro atoms. The Morgan fingerprint density at radius 2 is 1.82 bits per heavy atom. The highest BCUT2D eigenvalue weighted by atomic mass is 32.2. The standard InChI is InChI=1S/C24H30N4O4S/c1-3-5-12-28(13-6-4-2)33(31,32)19-9-10-22-20(14-19)21(15-23(29)27-22)24(30)26-17-18-8-7-11-25-16-18/h7-11,14-16H,3-6,12-13,17H2,1-2H3,(H,26,30)(H,27,29). The number of H-pyrrole nitrogens is 1. The van der Waals surface area contributed by atoms with Crippen LogP contribution in [-0.2, 0) is 16.6 Å². The summed E-state index contributed by atoms with van der Waals surface area (Å²) < 4.78 is 28.3. The number of aromatic amines is 1. The molecule has 2 aromatic heterocycles. The Hall–Kier alpha value is -3.04. The molecule has 0 atom stereocenters. The van der Waals surface area contributed by atoms with Crippen LogP contribution in [0.15, 0.2) is 58.5 Å². The fourth-order valence-corrected chi connectivity index (χ4v) is 5.08. The van der Waals surface area contributed by atoms with Gasteiger partial charge in [0.15, 0.2) is 0 Å². The highest BCUT2D eigenvalue weighted by Crippen LogP contribution is 2.23. The van der Waals surface area contributed by atoms with E-state index in [1.54, 1.807) is 24.5 Å². The molecular weight excluding hydrogens is 440 g/mol. The zero-order valence-electron chi connectivity index (χ0n) is 19.0. The molecule has 0 fully saturated rings. The number of sulfonamides is 1. The van der Waals surface area contributed by atoms with Gasteiger partial charge in [0.05, 0.1) is 10.5 Å². The van der Waals surface area contributed by atoms with E-state index in [9.17, 15) is 18.0 Å². The average molecular weight is 471 g/mol. The molecular formula is C24H30N4O4S. The third-order valence-electron chi connectivity index (χ3n) is 5.39. The van der Waals surface area contributed by atoms with E-state index in [1.807, 2.05) is 19.9 Å². The Labute approximate surface area is 194 Å². The minimum Gasteiger partial charge on any atom is -0.348 e. The Balaban J connectivity index is 1.97. The number of hydrogen-bond donors (Lipinski definition) is 2. The predicted octanol–water partition coefficient (Wildman–Crippen LogP) is 3.44. The fraction of sp³-hybridized carbons (Fsp3) is 0.375. The largest absolute Gasteiger partial charge is 0.348 e. The maximum Gasteiger partial charge on any atom is 0.252 e. The first-order chi connectivity index (χ1) is 15.9. The number of nitrogens with one attached hydrogen (secondary N) is 2. The molecule has 176 valence electrons. The number of fused-ring (bicyclic) bond motifs is 1. The van der Waals surface area contributed by atoms with Gasteiger partial charge in [-0.25, -0.2) is 8.42 Å². The van der Waals surface area contributed by atoms with Crippen molar-refractivity contribution in [3.05, 3.63) is 70.3 Å². The number of carbonyl (C=O) groups excluding carboxylic acids is 1. The van der Waals surface area contributed by atoms with Crippen LogP contribution in [0.5, 0.6) is 0 Å². The summed E-state index contributed by atoms with van der Waals surface area (Å²) in [6, 6.07) is 9.29. The number of rotatable bonds is 11. The summed E-state index contributed by atoms with van der Waals surface area (Å²) in [6.07, 6.45) is 6.60. The van der Waals surface area contributed by atoms with E-state index in [0.29, 0.717) is 24.0 Å². The van der Waals surface area contributed by atoms with Gasteiger partial charge in [0.25, 0.3) is 5.91 Å². The lowest BCUT2D eigenvalue weighted by Gasteiger charge is -2.22. The second kappa shape index (κ2) is 11.2. The van der Waals surface area contributed by atoms with E-state index in [0.717, 1.165) is 31.2 Å². The van der Waals surface area contributed by atoms with Crippen LogP contribution in [0, 0.1) is 0 Å². The number of benzene rings is 1. The van der Waals surface area contributed by atoms with Crippen LogP contribution < -0.4 is 10.9 Å². The lowest BCUT2D eigenvalue weighted by atomic mass is 10.1.